The molecule has 2 amide bonds. The lowest BCUT2D eigenvalue weighted by atomic mass is 10.1. The molecule has 6 nitrogen and oxygen atoms in total. The average Bonchev–Trinajstić information content (AvgIpc) is 3.53. The normalized spacial score (nSPS) is 16.1. The molecule has 0 unspecified atom stereocenters. The minimum absolute atomic E-state index is 0.0194. The van der Waals surface area contributed by atoms with Gasteiger partial charge in [0, 0.05) is 17.8 Å². The molecule has 0 aliphatic carbocycles. The first-order valence-corrected chi connectivity index (χ1v) is 10.8. The quantitative estimate of drug-likeness (QED) is 0.499. The number of carbonyl (C=O) groups is 2. The van der Waals surface area contributed by atoms with Gasteiger partial charge in [-0.2, -0.15) is 0 Å². The van der Waals surface area contributed by atoms with E-state index in [0.717, 1.165) is 29.7 Å². The number of imidazole rings is 1. The van der Waals surface area contributed by atoms with Crippen molar-refractivity contribution in [2.24, 2.45) is 0 Å². The summed E-state index contributed by atoms with van der Waals surface area (Å²) in [4.78, 5) is 36.0. The Balaban J connectivity index is 1.32. The van der Waals surface area contributed by atoms with Gasteiger partial charge in [0.1, 0.15) is 5.82 Å². The molecule has 0 saturated carbocycles. The molecule has 2 aromatic heterocycles. The number of nitrogens with zero attached hydrogens (tertiary/aromatic N) is 2. The summed E-state index contributed by atoms with van der Waals surface area (Å²) in [5.41, 5.74) is 3.17. The van der Waals surface area contributed by atoms with E-state index in [1.54, 1.807) is 30.3 Å². The van der Waals surface area contributed by atoms with E-state index in [9.17, 15) is 9.59 Å². The molecule has 1 saturated heterocycles. The van der Waals surface area contributed by atoms with Crippen molar-refractivity contribution in [1.82, 2.24) is 14.9 Å². The second kappa shape index (κ2) is 7.76. The fourth-order valence-corrected chi connectivity index (χ4v) is 4.51. The second-order valence-electron chi connectivity index (χ2n) is 7.30. The maximum absolute atomic E-state index is 13.2. The zero-order chi connectivity index (χ0) is 20.5. The van der Waals surface area contributed by atoms with Gasteiger partial charge < -0.3 is 15.2 Å². The van der Waals surface area contributed by atoms with E-state index in [-0.39, 0.29) is 17.9 Å². The monoisotopic (exact) mass is 416 g/mol. The summed E-state index contributed by atoms with van der Waals surface area (Å²) < 4.78 is 0. The number of thiophene rings is 1. The molecular formula is C23H20N4O2S. The Morgan fingerprint density at radius 1 is 1.07 bits per heavy atom. The van der Waals surface area contributed by atoms with Crippen LogP contribution in [-0.2, 0) is 0 Å². The smallest absolute Gasteiger partial charge is 0.265 e. The molecule has 3 heterocycles. The standard InChI is InChI=1S/C23H20N4O2S/c28-22(20-8-4-14-30-20)24-16-11-9-15(10-12-16)23(29)27-13-3-7-19(27)21-25-17-5-1-2-6-18(17)26-21/h1-2,4-6,8-12,14,19H,3,7,13H2,(H,24,28)(H,25,26)/t19-/m0/s1. The van der Waals surface area contributed by atoms with Crippen LogP contribution in [-0.4, -0.2) is 33.2 Å². The fourth-order valence-electron chi connectivity index (χ4n) is 3.89. The molecule has 1 fully saturated rings. The van der Waals surface area contributed by atoms with Crippen LogP contribution >= 0.6 is 11.3 Å². The highest BCUT2D eigenvalue weighted by molar-refractivity contribution is 7.12. The number of para-hydroxylation sites is 2. The van der Waals surface area contributed by atoms with Gasteiger partial charge in [0.25, 0.3) is 11.8 Å². The number of H-pyrrole nitrogens is 1. The lowest BCUT2D eigenvalue weighted by molar-refractivity contribution is 0.0730. The number of hydrogen-bond donors (Lipinski definition) is 2. The Hall–Kier alpha value is -3.45. The van der Waals surface area contributed by atoms with Gasteiger partial charge in [-0.1, -0.05) is 18.2 Å². The van der Waals surface area contributed by atoms with Gasteiger partial charge in [-0.3, -0.25) is 9.59 Å². The number of nitrogens with one attached hydrogen (secondary N) is 2. The zero-order valence-corrected chi connectivity index (χ0v) is 17.0. The molecule has 0 bridgehead atoms. The van der Waals surface area contributed by atoms with Crippen molar-refractivity contribution in [3.8, 4) is 0 Å². The molecule has 5 rings (SSSR count). The van der Waals surface area contributed by atoms with Crippen LogP contribution in [0.15, 0.2) is 66.0 Å². The number of fused-ring (bicyclic) bond motifs is 1. The number of benzene rings is 2. The van der Waals surface area contributed by atoms with Crippen LogP contribution in [0.5, 0.6) is 0 Å². The molecular weight excluding hydrogens is 396 g/mol. The van der Waals surface area contributed by atoms with Gasteiger partial charge in [0.15, 0.2) is 0 Å². The molecule has 1 aliphatic rings. The van der Waals surface area contributed by atoms with Crippen molar-refractivity contribution in [1.29, 1.82) is 0 Å². The van der Waals surface area contributed by atoms with Gasteiger partial charge in [-0.15, -0.1) is 11.3 Å². The lowest BCUT2D eigenvalue weighted by Gasteiger charge is -2.23. The highest BCUT2D eigenvalue weighted by atomic mass is 32.1. The fraction of sp³-hybridized carbons (Fsp3) is 0.174. The first kappa shape index (κ1) is 18.6. The predicted molar refractivity (Wildman–Crippen MR) is 118 cm³/mol. The number of rotatable bonds is 4. The number of aromatic nitrogens is 2. The van der Waals surface area contributed by atoms with Crippen molar-refractivity contribution in [2.45, 2.75) is 18.9 Å². The second-order valence-corrected chi connectivity index (χ2v) is 8.25. The van der Waals surface area contributed by atoms with Crippen LogP contribution in [0.25, 0.3) is 11.0 Å². The van der Waals surface area contributed by atoms with Gasteiger partial charge >= 0.3 is 0 Å². The Morgan fingerprint density at radius 3 is 2.67 bits per heavy atom. The lowest BCUT2D eigenvalue weighted by Crippen LogP contribution is -2.31. The molecule has 7 heteroatoms. The summed E-state index contributed by atoms with van der Waals surface area (Å²) in [6.45, 7) is 0.706. The number of hydrogen-bond acceptors (Lipinski definition) is 4. The molecule has 4 aromatic rings. The summed E-state index contributed by atoms with van der Waals surface area (Å²) in [6.07, 6.45) is 1.84. The van der Waals surface area contributed by atoms with E-state index in [2.05, 4.69) is 10.3 Å². The SMILES string of the molecule is O=C(Nc1ccc(C(=O)N2CCC[C@H]2c2nc3ccccc3[nH]2)cc1)c1cccs1. The number of carbonyl (C=O) groups excluding carboxylic acids is 2. The number of aromatic amines is 1. The van der Waals surface area contributed by atoms with Crippen LogP contribution < -0.4 is 5.32 Å². The Bertz CT molecular complexity index is 1160. The average molecular weight is 417 g/mol. The molecule has 1 aliphatic heterocycles. The molecule has 30 heavy (non-hydrogen) atoms. The van der Waals surface area contributed by atoms with Gasteiger partial charge in [0.2, 0.25) is 0 Å². The van der Waals surface area contributed by atoms with E-state index in [1.807, 2.05) is 40.6 Å². The Labute approximate surface area is 177 Å². The largest absolute Gasteiger partial charge is 0.340 e. The van der Waals surface area contributed by atoms with Gasteiger partial charge in [-0.25, -0.2) is 4.98 Å². The third-order valence-electron chi connectivity index (χ3n) is 5.37. The molecule has 0 radical (unpaired) electrons. The highest BCUT2D eigenvalue weighted by Crippen LogP contribution is 2.32. The van der Waals surface area contributed by atoms with Gasteiger partial charge in [0.05, 0.1) is 22.0 Å². The maximum Gasteiger partial charge on any atom is 0.265 e. The van der Waals surface area contributed by atoms with E-state index >= 15 is 0 Å². The molecule has 1 atom stereocenters. The minimum atomic E-state index is -0.145. The molecule has 150 valence electrons. The topological polar surface area (TPSA) is 78.1 Å². The molecule has 2 N–H and O–H groups in total. The number of likely N-dealkylation sites (tertiary alicyclic amines) is 1. The summed E-state index contributed by atoms with van der Waals surface area (Å²) in [7, 11) is 0. The molecule has 2 aromatic carbocycles. The predicted octanol–water partition coefficient (Wildman–Crippen LogP) is 4.85. The third kappa shape index (κ3) is 3.48. The van der Waals surface area contributed by atoms with Crippen LogP contribution in [0.2, 0.25) is 0 Å². The third-order valence-corrected chi connectivity index (χ3v) is 6.24. The van der Waals surface area contributed by atoms with Crippen LogP contribution in [0.3, 0.4) is 0 Å². The van der Waals surface area contributed by atoms with E-state index in [0.29, 0.717) is 22.7 Å². The Morgan fingerprint density at radius 2 is 1.90 bits per heavy atom. The number of anilines is 1. The van der Waals surface area contributed by atoms with Crippen molar-refractivity contribution in [2.75, 3.05) is 11.9 Å². The first-order chi connectivity index (χ1) is 14.7. The highest BCUT2D eigenvalue weighted by Gasteiger charge is 2.32. The summed E-state index contributed by atoms with van der Waals surface area (Å²) in [6, 6.07) is 18.5. The van der Waals surface area contributed by atoms with E-state index in [4.69, 9.17) is 4.98 Å². The van der Waals surface area contributed by atoms with Crippen molar-refractivity contribution in [3.63, 3.8) is 0 Å². The van der Waals surface area contributed by atoms with E-state index in [1.165, 1.54) is 11.3 Å². The van der Waals surface area contributed by atoms with Crippen LogP contribution in [0.1, 0.15) is 44.7 Å². The first-order valence-electron chi connectivity index (χ1n) is 9.89. The summed E-state index contributed by atoms with van der Waals surface area (Å²) >= 11 is 1.39. The summed E-state index contributed by atoms with van der Waals surface area (Å²) in [5, 5.41) is 4.73. The van der Waals surface area contributed by atoms with E-state index < -0.39 is 0 Å². The van der Waals surface area contributed by atoms with Crippen molar-refractivity contribution < 1.29 is 9.59 Å². The maximum atomic E-state index is 13.2. The van der Waals surface area contributed by atoms with Crippen LogP contribution in [0, 0.1) is 0 Å². The minimum Gasteiger partial charge on any atom is -0.340 e. The zero-order valence-electron chi connectivity index (χ0n) is 16.2. The summed E-state index contributed by atoms with van der Waals surface area (Å²) in [5.74, 6) is 0.671. The Kier molecular flexibility index (Phi) is 4.80. The number of amides is 2. The van der Waals surface area contributed by atoms with Crippen molar-refractivity contribution >= 4 is 39.9 Å². The molecule has 0 spiro atoms. The van der Waals surface area contributed by atoms with Gasteiger partial charge in [-0.05, 0) is 60.7 Å². The van der Waals surface area contributed by atoms with Crippen LogP contribution in [0.4, 0.5) is 5.69 Å². The van der Waals surface area contributed by atoms with Crippen molar-refractivity contribution in [3.05, 3.63) is 82.3 Å².